The number of ether oxygens (including phenoxy) is 1. The Morgan fingerprint density at radius 3 is 2.56 bits per heavy atom. The van der Waals surface area contributed by atoms with Crippen LogP contribution in [-0.4, -0.2) is 46.7 Å². The first-order chi connectivity index (χ1) is 15.3. The topological polar surface area (TPSA) is 119 Å². The fraction of sp³-hybridized carbons (Fsp3) is 0.250. The van der Waals surface area contributed by atoms with E-state index in [1.165, 1.54) is 25.4 Å². The molecule has 0 aliphatic heterocycles. The first-order valence-electron chi connectivity index (χ1n) is 9.26. The van der Waals surface area contributed by atoms with E-state index >= 15 is 0 Å². The largest absolute Gasteiger partial charge is 0.382 e. The van der Waals surface area contributed by atoms with Crippen LogP contribution in [0.4, 0.5) is 8.78 Å². The van der Waals surface area contributed by atoms with E-state index in [0.717, 1.165) is 5.56 Å². The molecule has 0 radical (unpaired) electrons. The number of methoxy groups -OCH3 is 1. The molecule has 2 heterocycles. The van der Waals surface area contributed by atoms with Crippen molar-refractivity contribution in [2.45, 2.75) is 17.4 Å². The van der Waals surface area contributed by atoms with Crippen molar-refractivity contribution < 1.29 is 27.6 Å². The summed E-state index contributed by atoms with van der Waals surface area (Å²) in [5.74, 6) is -2.06. The number of rotatable bonds is 9. The SMILES string of the molecule is COC[C@@H](NC(=O)c1ccc(-c2noc(C(F)(F)Br)n2)nc1)C(=O)NCc1ccccc1. The molecule has 0 saturated carbocycles. The minimum atomic E-state index is -3.46. The fourth-order valence-corrected chi connectivity index (χ4v) is 2.76. The van der Waals surface area contributed by atoms with Gasteiger partial charge < -0.3 is 19.9 Å². The summed E-state index contributed by atoms with van der Waals surface area (Å²) in [4.78, 5) is 29.1. The number of hydrogen-bond acceptors (Lipinski definition) is 7. The van der Waals surface area contributed by atoms with Gasteiger partial charge in [-0.2, -0.15) is 13.8 Å². The lowest BCUT2D eigenvalue weighted by molar-refractivity contribution is -0.124. The molecule has 12 heteroatoms. The van der Waals surface area contributed by atoms with Crippen LogP contribution in [0.25, 0.3) is 11.5 Å². The molecule has 1 atom stereocenters. The first-order valence-corrected chi connectivity index (χ1v) is 10.1. The van der Waals surface area contributed by atoms with Crippen molar-refractivity contribution >= 4 is 27.7 Å². The summed E-state index contributed by atoms with van der Waals surface area (Å²) in [5, 5.41) is 8.77. The lowest BCUT2D eigenvalue weighted by Crippen LogP contribution is -2.49. The summed E-state index contributed by atoms with van der Waals surface area (Å²) in [7, 11) is 1.41. The molecule has 3 aromatic rings. The monoisotopic (exact) mass is 509 g/mol. The van der Waals surface area contributed by atoms with E-state index < -0.39 is 28.6 Å². The van der Waals surface area contributed by atoms with E-state index in [0.29, 0.717) is 6.54 Å². The molecule has 3 rings (SSSR count). The number of halogens is 3. The predicted octanol–water partition coefficient (Wildman–Crippen LogP) is 2.64. The molecule has 32 heavy (non-hydrogen) atoms. The summed E-state index contributed by atoms with van der Waals surface area (Å²) in [6.07, 6.45) is 1.21. The number of hydrogen-bond donors (Lipinski definition) is 2. The van der Waals surface area contributed by atoms with Gasteiger partial charge >= 0.3 is 10.7 Å². The van der Waals surface area contributed by atoms with Crippen molar-refractivity contribution in [3.63, 3.8) is 0 Å². The van der Waals surface area contributed by atoms with Crippen molar-refractivity contribution in [1.82, 2.24) is 25.8 Å². The molecule has 0 aliphatic carbocycles. The Morgan fingerprint density at radius 1 is 1.22 bits per heavy atom. The van der Waals surface area contributed by atoms with Crippen LogP contribution >= 0.6 is 15.9 Å². The van der Waals surface area contributed by atoms with Gasteiger partial charge in [-0.25, -0.2) is 0 Å². The molecule has 0 bridgehead atoms. The zero-order chi connectivity index (χ0) is 23.1. The highest BCUT2D eigenvalue weighted by Crippen LogP contribution is 2.33. The van der Waals surface area contributed by atoms with Crippen LogP contribution in [0.2, 0.25) is 0 Å². The number of aromatic nitrogens is 3. The summed E-state index contributed by atoms with van der Waals surface area (Å²) < 4.78 is 35.8. The second kappa shape index (κ2) is 10.4. The van der Waals surface area contributed by atoms with E-state index in [1.54, 1.807) is 0 Å². The van der Waals surface area contributed by atoms with E-state index in [4.69, 9.17) is 4.74 Å². The minimum Gasteiger partial charge on any atom is -0.382 e. The summed E-state index contributed by atoms with van der Waals surface area (Å²) in [6, 6.07) is 11.1. The van der Waals surface area contributed by atoms with E-state index in [9.17, 15) is 18.4 Å². The van der Waals surface area contributed by atoms with Gasteiger partial charge in [-0.15, -0.1) is 0 Å². The van der Waals surface area contributed by atoms with Crippen LogP contribution < -0.4 is 10.6 Å². The van der Waals surface area contributed by atoms with Gasteiger partial charge in [0.1, 0.15) is 11.7 Å². The summed E-state index contributed by atoms with van der Waals surface area (Å²) in [5.41, 5.74) is 1.17. The Kier molecular flexibility index (Phi) is 7.59. The van der Waals surface area contributed by atoms with E-state index in [1.807, 2.05) is 30.3 Å². The highest BCUT2D eigenvalue weighted by atomic mass is 79.9. The number of carbonyl (C=O) groups excluding carboxylic acids is 2. The maximum absolute atomic E-state index is 13.2. The molecule has 2 N–H and O–H groups in total. The molecule has 2 aromatic heterocycles. The van der Waals surface area contributed by atoms with E-state index in [2.05, 4.69) is 46.2 Å². The Balaban J connectivity index is 1.63. The van der Waals surface area contributed by atoms with Gasteiger partial charge in [-0.05, 0) is 17.7 Å². The van der Waals surface area contributed by atoms with Gasteiger partial charge in [-0.1, -0.05) is 35.5 Å². The lowest BCUT2D eigenvalue weighted by atomic mass is 10.2. The number of benzene rings is 1. The number of pyridine rings is 1. The Labute approximate surface area is 189 Å². The third-order valence-corrected chi connectivity index (χ3v) is 4.53. The number of alkyl halides is 3. The second-order valence-corrected chi connectivity index (χ2v) is 7.53. The standard InChI is InChI=1S/C20H18BrF2N5O4/c1-31-11-15(18(30)25-9-12-5-3-2-4-6-12)26-17(29)13-7-8-14(24-10-13)16-27-19(32-28-16)20(21,22)23/h2-8,10,15H,9,11H2,1H3,(H,25,30)(H,26,29)/t15-/m1/s1. The Hall–Kier alpha value is -3.25. The number of nitrogens with one attached hydrogen (secondary N) is 2. The van der Waals surface area contributed by atoms with Gasteiger partial charge in [0.25, 0.3) is 5.91 Å². The van der Waals surface area contributed by atoms with Crippen LogP contribution in [0.15, 0.2) is 53.2 Å². The molecule has 0 spiro atoms. The highest BCUT2D eigenvalue weighted by molar-refractivity contribution is 9.09. The van der Waals surface area contributed by atoms with Crippen LogP contribution in [0.1, 0.15) is 21.8 Å². The molecule has 168 valence electrons. The van der Waals surface area contributed by atoms with Crippen LogP contribution in [0, 0.1) is 0 Å². The molecule has 1 aromatic carbocycles. The molecule has 2 amide bonds. The Morgan fingerprint density at radius 2 is 1.97 bits per heavy atom. The average molecular weight is 510 g/mol. The zero-order valence-corrected chi connectivity index (χ0v) is 18.3. The number of amides is 2. The predicted molar refractivity (Wildman–Crippen MR) is 112 cm³/mol. The normalized spacial score (nSPS) is 12.2. The van der Waals surface area contributed by atoms with Gasteiger partial charge in [0.05, 0.1) is 12.2 Å². The summed E-state index contributed by atoms with van der Waals surface area (Å²) >= 11 is 2.13. The van der Waals surface area contributed by atoms with Crippen LogP contribution in [-0.2, 0) is 20.9 Å². The number of carbonyl (C=O) groups is 2. The smallest absolute Gasteiger partial charge is 0.378 e. The van der Waals surface area contributed by atoms with Crippen LogP contribution in [0.5, 0.6) is 0 Å². The third kappa shape index (κ3) is 6.14. The zero-order valence-electron chi connectivity index (χ0n) is 16.7. The van der Waals surface area contributed by atoms with Gasteiger partial charge in [0, 0.05) is 35.8 Å². The molecule has 0 fully saturated rings. The minimum absolute atomic E-state index is 0.0374. The van der Waals surface area contributed by atoms with Crippen LogP contribution in [0.3, 0.4) is 0 Å². The maximum Gasteiger partial charge on any atom is 0.378 e. The van der Waals surface area contributed by atoms with Crippen molar-refractivity contribution in [2.24, 2.45) is 0 Å². The molecule has 0 aliphatic rings. The maximum atomic E-state index is 13.2. The molecule has 0 unspecified atom stereocenters. The molecular formula is C20H18BrF2N5O4. The van der Waals surface area contributed by atoms with Crippen molar-refractivity contribution in [3.05, 3.63) is 65.7 Å². The molecular weight excluding hydrogens is 492 g/mol. The second-order valence-electron chi connectivity index (χ2n) is 6.54. The molecule has 9 nitrogen and oxygen atoms in total. The molecule has 0 saturated heterocycles. The average Bonchev–Trinajstić information content (AvgIpc) is 3.29. The lowest BCUT2D eigenvalue weighted by Gasteiger charge is -2.17. The summed E-state index contributed by atoms with van der Waals surface area (Å²) in [6.45, 7) is 0.260. The first kappa shape index (κ1) is 23.4. The van der Waals surface area contributed by atoms with Gasteiger partial charge in [0.2, 0.25) is 11.7 Å². The highest BCUT2D eigenvalue weighted by Gasteiger charge is 2.35. The fourth-order valence-electron chi connectivity index (χ4n) is 2.60. The Bertz CT molecular complexity index is 1060. The van der Waals surface area contributed by atoms with E-state index in [-0.39, 0.29) is 23.7 Å². The van der Waals surface area contributed by atoms with Gasteiger partial charge in [-0.3, -0.25) is 14.6 Å². The quantitative estimate of drug-likeness (QED) is 0.425. The van der Waals surface area contributed by atoms with Gasteiger partial charge in [0.15, 0.2) is 0 Å². The van der Waals surface area contributed by atoms with Crippen molar-refractivity contribution in [1.29, 1.82) is 0 Å². The van der Waals surface area contributed by atoms with Crippen molar-refractivity contribution in [3.8, 4) is 11.5 Å². The number of nitrogens with zero attached hydrogens (tertiary/aromatic N) is 3. The third-order valence-electron chi connectivity index (χ3n) is 4.19. The van der Waals surface area contributed by atoms with Crippen molar-refractivity contribution in [2.75, 3.05) is 13.7 Å².